The second kappa shape index (κ2) is 5.50. The van der Waals surface area contributed by atoms with E-state index in [1.807, 2.05) is 0 Å². The molecule has 1 aliphatic heterocycles. The van der Waals surface area contributed by atoms with Gasteiger partial charge in [0.05, 0.1) is 0 Å². The molecule has 1 heterocycles. The molecule has 3 atom stereocenters. The van der Waals surface area contributed by atoms with Crippen molar-refractivity contribution < 1.29 is 0 Å². The molecule has 1 aliphatic carbocycles. The van der Waals surface area contributed by atoms with E-state index in [4.69, 9.17) is 0 Å². The lowest BCUT2D eigenvalue weighted by molar-refractivity contribution is 0.192. The first-order valence-corrected chi connectivity index (χ1v) is 7.11. The molecule has 2 heteroatoms. The second-order valence-corrected chi connectivity index (χ2v) is 6.21. The third kappa shape index (κ3) is 2.98. The van der Waals surface area contributed by atoms with Crippen LogP contribution < -0.4 is 5.32 Å². The quantitative estimate of drug-likeness (QED) is 0.792. The maximum atomic E-state index is 3.94. The van der Waals surface area contributed by atoms with Crippen LogP contribution in [-0.4, -0.2) is 37.1 Å². The van der Waals surface area contributed by atoms with E-state index in [0.29, 0.717) is 0 Å². The second-order valence-electron chi connectivity index (χ2n) is 6.21. The van der Waals surface area contributed by atoms with Gasteiger partial charge in [-0.05, 0) is 44.7 Å². The summed E-state index contributed by atoms with van der Waals surface area (Å²) in [6.45, 7) is 7.31. The normalized spacial score (nSPS) is 37.1. The van der Waals surface area contributed by atoms with Crippen molar-refractivity contribution in [2.75, 3.05) is 20.1 Å². The summed E-state index contributed by atoms with van der Waals surface area (Å²) in [6, 6.07) is 1.56. The summed E-state index contributed by atoms with van der Waals surface area (Å²) in [5, 5.41) is 3.94. The van der Waals surface area contributed by atoms with E-state index in [1.165, 1.54) is 45.2 Å². The van der Waals surface area contributed by atoms with Gasteiger partial charge in [-0.25, -0.2) is 0 Å². The highest BCUT2D eigenvalue weighted by Crippen LogP contribution is 2.30. The van der Waals surface area contributed by atoms with Gasteiger partial charge in [-0.3, -0.25) is 0 Å². The fraction of sp³-hybridized carbons (Fsp3) is 1.00. The molecule has 2 aliphatic rings. The van der Waals surface area contributed by atoms with Gasteiger partial charge < -0.3 is 10.2 Å². The van der Waals surface area contributed by atoms with E-state index >= 15 is 0 Å². The molecule has 0 amide bonds. The van der Waals surface area contributed by atoms with Gasteiger partial charge in [-0.1, -0.05) is 26.7 Å². The first-order valence-electron chi connectivity index (χ1n) is 7.11. The number of nitrogens with zero attached hydrogens (tertiary/aromatic N) is 1. The third-order valence-electron chi connectivity index (χ3n) is 4.52. The van der Waals surface area contributed by atoms with Crippen LogP contribution in [0.3, 0.4) is 0 Å². The lowest BCUT2D eigenvalue weighted by atomic mass is 9.77. The predicted molar refractivity (Wildman–Crippen MR) is 69.6 cm³/mol. The molecule has 0 aromatic heterocycles. The minimum atomic E-state index is 0.759. The van der Waals surface area contributed by atoms with E-state index < -0.39 is 0 Å². The molecule has 1 saturated heterocycles. The highest BCUT2D eigenvalue weighted by atomic mass is 15.2. The molecule has 0 bridgehead atoms. The van der Waals surface area contributed by atoms with E-state index in [-0.39, 0.29) is 0 Å². The Kier molecular flexibility index (Phi) is 4.26. The molecule has 0 aromatic carbocycles. The number of nitrogens with one attached hydrogen (secondary N) is 1. The molecule has 1 N–H and O–H groups in total. The van der Waals surface area contributed by atoms with Gasteiger partial charge in [0.25, 0.3) is 0 Å². The Labute approximate surface area is 101 Å². The molecule has 2 rings (SSSR count). The smallest absolute Gasteiger partial charge is 0.0209 e. The summed E-state index contributed by atoms with van der Waals surface area (Å²) in [7, 11) is 2.24. The van der Waals surface area contributed by atoms with Crippen molar-refractivity contribution in [2.45, 2.75) is 58.0 Å². The first kappa shape index (κ1) is 12.4. The van der Waals surface area contributed by atoms with E-state index in [0.717, 1.165) is 23.9 Å². The van der Waals surface area contributed by atoms with Gasteiger partial charge in [-0.2, -0.15) is 0 Å². The highest BCUT2D eigenvalue weighted by molar-refractivity contribution is 4.88. The number of hydrogen-bond acceptors (Lipinski definition) is 2. The van der Waals surface area contributed by atoms with E-state index in [9.17, 15) is 0 Å². The molecule has 2 nitrogen and oxygen atoms in total. The topological polar surface area (TPSA) is 15.3 Å². The molecular weight excluding hydrogens is 196 g/mol. The predicted octanol–water partition coefficient (Wildman–Crippen LogP) is 2.49. The SMILES string of the molecule is CC(C)C1CCCCC1NC1CCN(C)C1. The van der Waals surface area contributed by atoms with Crippen molar-refractivity contribution in [1.82, 2.24) is 10.2 Å². The minimum absolute atomic E-state index is 0.759. The molecular formula is C14H28N2. The molecule has 94 valence electrons. The number of likely N-dealkylation sites (tertiary alicyclic amines) is 1. The largest absolute Gasteiger partial charge is 0.310 e. The summed E-state index contributed by atoms with van der Waals surface area (Å²) in [4.78, 5) is 2.45. The van der Waals surface area contributed by atoms with Gasteiger partial charge in [-0.15, -0.1) is 0 Å². The Bertz CT molecular complexity index is 215. The van der Waals surface area contributed by atoms with Crippen molar-refractivity contribution in [1.29, 1.82) is 0 Å². The Morgan fingerprint density at radius 3 is 2.50 bits per heavy atom. The van der Waals surface area contributed by atoms with E-state index in [2.05, 4.69) is 31.1 Å². The summed E-state index contributed by atoms with van der Waals surface area (Å²) in [5.41, 5.74) is 0. The fourth-order valence-electron chi connectivity index (χ4n) is 3.54. The van der Waals surface area contributed by atoms with Crippen LogP contribution in [0.4, 0.5) is 0 Å². The van der Waals surface area contributed by atoms with E-state index in [1.54, 1.807) is 0 Å². The van der Waals surface area contributed by atoms with Crippen LogP contribution in [0.15, 0.2) is 0 Å². The van der Waals surface area contributed by atoms with Crippen molar-refractivity contribution in [3.05, 3.63) is 0 Å². The van der Waals surface area contributed by atoms with Crippen molar-refractivity contribution in [2.24, 2.45) is 11.8 Å². The average Bonchev–Trinajstić information content (AvgIpc) is 2.64. The zero-order chi connectivity index (χ0) is 11.5. The fourth-order valence-corrected chi connectivity index (χ4v) is 3.54. The van der Waals surface area contributed by atoms with Crippen LogP contribution in [-0.2, 0) is 0 Å². The monoisotopic (exact) mass is 224 g/mol. The van der Waals surface area contributed by atoms with Gasteiger partial charge >= 0.3 is 0 Å². The number of rotatable bonds is 3. The molecule has 16 heavy (non-hydrogen) atoms. The van der Waals surface area contributed by atoms with Gasteiger partial charge in [0.15, 0.2) is 0 Å². The Hall–Kier alpha value is -0.0800. The maximum Gasteiger partial charge on any atom is 0.0209 e. The van der Waals surface area contributed by atoms with Crippen LogP contribution in [0.2, 0.25) is 0 Å². The van der Waals surface area contributed by atoms with Crippen LogP contribution in [0.5, 0.6) is 0 Å². The molecule has 2 fully saturated rings. The maximum absolute atomic E-state index is 3.94. The highest BCUT2D eigenvalue weighted by Gasteiger charge is 2.30. The zero-order valence-electron chi connectivity index (χ0n) is 11.2. The van der Waals surface area contributed by atoms with Crippen LogP contribution in [0.1, 0.15) is 46.0 Å². The lowest BCUT2D eigenvalue weighted by Crippen LogP contribution is -2.46. The number of likely N-dealkylation sites (N-methyl/N-ethyl adjacent to an activating group) is 1. The van der Waals surface area contributed by atoms with Crippen molar-refractivity contribution in [3.63, 3.8) is 0 Å². The lowest BCUT2D eigenvalue weighted by Gasteiger charge is -2.36. The average molecular weight is 224 g/mol. The summed E-state index contributed by atoms with van der Waals surface area (Å²) in [6.07, 6.45) is 7.08. The molecule has 0 spiro atoms. The Morgan fingerprint density at radius 1 is 1.12 bits per heavy atom. The van der Waals surface area contributed by atoms with Gasteiger partial charge in [0.1, 0.15) is 0 Å². The summed E-state index contributed by atoms with van der Waals surface area (Å²) in [5.74, 6) is 1.76. The minimum Gasteiger partial charge on any atom is -0.310 e. The first-order chi connectivity index (χ1) is 7.66. The van der Waals surface area contributed by atoms with Gasteiger partial charge in [0, 0.05) is 18.6 Å². The molecule has 0 aromatic rings. The molecule has 1 saturated carbocycles. The van der Waals surface area contributed by atoms with Crippen molar-refractivity contribution >= 4 is 0 Å². The van der Waals surface area contributed by atoms with Crippen LogP contribution in [0, 0.1) is 11.8 Å². The van der Waals surface area contributed by atoms with Crippen LogP contribution >= 0.6 is 0 Å². The summed E-state index contributed by atoms with van der Waals surface area (Å²) < 4.78 is 0. The van der Waals surface area contributed by atoms with Crippen molar-refractivity contribution in [3.8, 4) is 0 Å². The third-order valence-corrected chi connectivity index (χ3v) is 4.52. The molecule has 0 radical (unpaired) electrons. The summed E-state index contributed by atoms with van der Waals surface area (Å²) >= 11 is 0. The molecule has 3 unspecified atom stereocenters. The Morgan fingerprint density at radius 2 is 1.88 bits per heavy atom. The standard InChI is InChI=1S/C14H28N2/c1-11(2)13-6-4-5-7-14(13)15-12-8-9-16(3)10-12/h11-15H,4-10H2,1-3H3. The Balaban J connectivity index is 1.86. The number of hydrogen-bond donors (Lipinski definition) is 1. The zero-order valence-corrected chi connectivity index (χ0v) is 11.2. The van der Waals surface area contributed by atoms with Crippen LogP contribution in [0.25, 0.3) is 0 Å². The van der Waals surface area contributed by atoms with Gasteiger partial charge in [0.2, 0.25) is 0 Å².